The van der Waals surface area contributed by atoms with E-state index < -0.39 is 0 Å². The van der Waals surface area contributed by atoms with Gasteiger partial charge in [-0.2, -0.15) is 0 Å². The molecule has 2 atom stereocenters. The minimum Gasteiger partial charge on any atom is -0.264 e. The van der Waals surface area contributed by atoms with E-state index in [1.165, 1.54) is 55.6 Å². The third-order valence-corrected chi connectivity index (χ3v) is 15.9. The van der Waals surface area contributed by atoms with Gasteiger partial charge in [0.05, 0.1) is 22.8 Å². The van der Waals surface area contributed by atoms with Gasteiger partial charge in [0.2, 0.25) is 0 Å². The minimum absolute atomic E-state index is 0.128. The lowest BCUT2D eigenvalue weighted by Crippen LogP contribution is -2.27. The van der Waals surface area contributed by atoms with Crippen molar-refractivity contribution in [1.82, 2.24) is 29.9 Å². The number of pyridine rings is 2. The fraction of sp³-hybridized carbons (Fsp3) is 0.0270. The van der Waals surface area contributed by atoms with Gasteiger partial charge in [0, 0.05) is 70.0 Å². The number of hydrogen-bond donors (Lipinski definition) is 0. The topological polar surface area (TPSA) is 77.3 Å². The average molecular weight is 1020 g/mol. The summed E-state index contributed by atoms with van der Waals surface area (Å²) in [6.45, 7) is 0. The summed E-state index contributed by atoms with van der Waals surface area (Å²) in [6, 6.07) is 90.9. The summed E-state index contributed by atoms with van der Waals surface area (Å²) in [6.07, 6.45) is 7.38. The molecule has 3 aliphatic carbocycles. The van der Waals surface area contributed by atoms with Crippen LogP contribution in [0.15, 0.2) is 280 Å². The van der Waals surface area contributed by atoms with Crippen LogP contribution in [0.25, 0.3) is 112 Å². The number of benzene rings is 9. The van der Waals surface area contributed by atoms with Gasteiger partial charge in [0.15, 0.2) is 11.6 Å². The van der Waals surface area contributed by atoms with Gasteiger partial charge in [-0.1, -0.05) is 218 Å². The molecule has 0 aliphatic heterocycles. The summed E-state index contributed by atoms with van der Waals surface area (Å²) in [5.74, 6) is 1.65. The van der Waals surface area contributed by atoms with Gasteiger partial charge in [-0.05, 0) is 114 Å². The van der Waals surface area contributed by atoms with E-state index in [1.807, 2.05) is 60.9 Å². The number of nitrogens with zero attached hydrogens (tertiary/aromatic N) is 6. The molecule has 80 heavy (non-hydrogen) atoms. The molecule has 0 fully saturated rings. The molecule has 0 saturated carbocycles. The molecular formula is C74H48N6. The van der Waals surface area contributed by atoms with E-state index in [2.05, 4.69) is 216 Å². The van der Waals surface area contributed by atoms with E-state index in [9.17, 15) is 0 Å². The number of aromatic nitrogens is 6. The molecule has 16 rings (SSSR count). The Kier molecular flexibility index (Phi) is 11.6. The van der Waals surface area contributed by atoms with Gasteiger partial charge in [-0.15, -0.1) is 0 Å². The highest BCUT2D eigenvalue weighted by Crippen LogP contribution is 2.57. The maximum absolute atomic E-state index is 5.14. The van der Waals surface area contributed by atoms with E-state index in [1.54, 1.807) is 12.4 Å². The Bertz CT molecular complexity index is 4130. The van der Waals surface area contributed by atoms with Crippen molar-refractivity contribution in [2.75, 3.05) is 0 Å². The summed E-state index contributed by atoms with van der Waals surface area (Å²) in [4.78, 5) is 29.1. The Morgan fingerprint density at radius 1 is 0.200 bits per heavy atom. The minimum atomic E-state index is 0.128. The zero-order valence-electron chi connectivity index (χ0n) is 43.4. The fourth-order valence-corrected chi connectivity index (χ4v) is 11.9. The second-order valence-corrected chi connectivity index (χ2v) is 20.6. The average Bonchev–Trinajstić information content (AvgIpc) is 3.68. The molecule has 2 unspecified atom stereocenters. The molecule has 13 aromatic rings. The monoisotopic (exact) mass is 1020 g/mol. The summed E-state index contributed by atoms with van der Waals surface area (Å²) in [5.41, 5.74) is 27.0. The third-order valence-electron chi connectivity index (χ3n) is 15.9. The first-order valence-electron chi connectivity index (χ1n) is 27.1. The Labute approximate surface area is 464 Å². The van der Waals surface area contributed by atoms with Crippen molar-refractivity contribution in [2.45, 2.75) is 11.8 Å². The Morgan fingerprint density at radius 3 is 0.825 bits per heavy atom. The van der Waals surface area contributed by atoms with Crippen LogP contribution in [-0.4, -0.2) is 29.9 Å². The zero-order valence-corrected chi connectivity index (χ0v) is 43.4. The van der Waals surface area contributed by atoms with Crippen molar-refractivity contribution in [3.8, 4) is 112 Å². The van der Waals surface area contributed by atoms with E-state index in [0.717, 1.165) is 78.4 Å². The normalized spacial score (nSPS) is 13.8. The molecule has 9 aromatic carbocycles. The van der Waals surface area contributed by atoms with Crippen LogP contribution in [0.2, 0.25) is 0 Å². The fourth-order valence-electron chi connectivity index (χ4n) is 11.9. The van der Waals surface area contributed by atoms with Gasteiger partial charge >= 0.3 is 0 Å². The lowest BCUT2D eigenvalue weighted by molar-refractivity contribution is 0.755. The maximum atomic E-state index is 5.14. The Hall–Kier alpha value is -10.6. The molecule has 4 heterocycles. The van der Waals surface area contributed by atoms with Gasteiger partial charge in [0.1, 0.15) is 0 Å². The highest BCUT2D eigenvalue weighted by atomic mass is 14.9. The molecule has 0 N–H and O–H groups in total. The van der Waals surface area contributed by atoms with Crippen molar-refractivity contribution >= 4 is 0 Å². The van der Waals surface area contributed by atoms with Crippen LogP contribution < -0.4 is 0 Å². The van der Waals surface area contributed by atoms with Crippen LogP contribution in [-0.2, 0) is 0 Å². The molecule has 0 amide bonds. The van der Waals surface area contributed by atoms with E-state index in [4.69, 9.17) is 19.9 Å². The Balaban J connectivity index is 0.727. The van der Waals surface area contributed by atoms with Crippen LogP contribution in [0.3, 0.4) is 0 Å². The maximum Gasteiger partial charge on any atom is 0.160 e. The lowest BCUT2D eigenvalue weighted by Gasteiger charge is -2.42. The molecule has 0 spiro atoms. The predicted octanol–water partition coefficient (Wildman–Crippen LogP) is 17.7. The van der Waals surface area contributed by atoms with Gasteiger partial charge in [-0.3, -0.25) is 9.97 Å². The van der Waals surface area contributed by atoms with Crippen molar-refractivity contribution in [3.63, 3.8) is 0 Å². The van der Waals surface area contributed by atoms with Crippen LogP contribution >= 0.6 is 0 Å². The van der Waals surface area contributed by atoms with E-state index >= 15 is 0 Å². The first-order chi connectivity index (χ1) is 39.6. The van der Waals surface area contributed by atoms with Crippen molar-refractivity contribution in [1.29, 1.82) is 0 Å². The van der Waals surface area contributed by atoms with E-state index in [-0.39, 0.29) is 11.8 Å². The lowest BCUT2D eigenvalue weighted by atomic mass is 9.60. The second kappa shape index (κ2) is 19.8. The summed E-state index contributed by atoms with van der Waals surface area (Å²) >= 11 is 0. The first kappa shape index (κ1) is 46.7. The molecule has 6 heteroatoms. The van der Waals surface area contributed by atoms with Crippen molar-refractivity contribution in [2.24, 2.45) is 0 Å². The largest absolute Gasteiger partial charge is 0.264 e. The highest BCUT2D eigenvalue weighted by molar-refractivity contribution is 5.81. The second-order valence-electron chi connectivity index (χ2n) is 20.6. The van der Waals surface area contributed by atoms with Gasteiger partial charge < -0.3 is 0 Å². The SMILES string of the molecule is c1ccc(-c2nc(-c3ccc(-c4cccnc4)cc3)cc(-c3ccc(-c4ccc5c(c4)C4c6ccccc6C5c5cc(-c6ccc(-c7cc(-c8ccc(-c9cccnc9)cc8)nc(-c8ccccc8)n7)cc6)ccc54)cc3)n2)cc1. The molecule has 0 radical (unpaired) electrons. The molecule has 374 valence electrons. The van der Waals surface area contributed by atoms with Crippen molar-refractivity contribution < 1.29 is 0 Å². The molecule has 6 nitrogen and oxygen atoms in total. The van der Waals surface area contributed by atoms with Crippen LogP contribution in [0.4, 0.5) is 0 Å². The summed E-state index contributed by atoms with van der Waals surface area (Å²) in [5, 5.41) is 0. The van der Waals surface area contributed by atoms with Gasteiger partial charge in [-0.25, -0.2) is 19.9 Å². The number of rotatable bonds is 10. The summed E-state index contributed by atoms with van der Waals surface area (Å²) in [7, 11) is 0. The van der Waals surface area contributed by atoms with E-state index in [0.29, 0.717) is 11.6 Å². The van der Waals surface area contributed by atoms with Gasteiger partial charge in [0.25, 0.3) is 0 Å². The molecule has 3 aliphatic rings. The molecule has 4 aromatic heterocycles. The smallest absolute Gasteiger partial charge is 0.160 e. The quantitative estimate of drug-likeness (QED) is 0.136. The molecule has 2 bridgehead atoms. The Morgan fingerprint density at radius 2 is 0.487 bits per heavy atom. The first-order valence-corrected chi connectivity index (χ1v) is 27.1. The molecule has 0 saturated heterocycles. The van der Waals surface area contributed by atoms with Crippen molar-refractivity contribution in [3.05, 3.63) is 313 Å². The number of hydrogen-bond acceptors (Lipinski definition) is 6. The molecular weight excluding hydrogens is 973 g/mol. The van der Waals surface area contributed by atoms with Crippen LogP contribution in [0.1, 0.15) is 45.2 Å². The van der Waals surface area contributed by atoms with Crippen LogP contribution in [0.5, 0.6) is 0 Å². The standard InChI is InChI=1S/C74H48N6/c1-3-11-55(12-4-1)73-77-67(43-69(79-73)53-31-23-49(24-32-53)59-15-9-39-75-45-59)51-27-19-47(20-28-51)57-35-37-63-65(41-57)71-61-17-7-8-18-62(61)72(63)66-42-58(36-38-64(66)71)48-21-29-52(30-22-48)68-44-70(80-74(78-68)56-13-5-2-6-14-56)54-33-25-50(26-34-54)60-16-10-40-76-46-60/h1-46,71-72H. The van der Waals surface area contributed by atoms with Crippen LogP contribution in [0, 0.1) is 0 Å². The zero-order chi connectivity index (χ0) is 52.9. The highest BCUT2D eigenvalue weighted by Gasteiger charge is 2.41. The summed E-state index contributed by atoms with van der Waals surface area (Å²) < 4.78 is 0. The predicted molar refractivity (Wildman–Crippen MR) is 322 cm³/mol. The third kappa shape index (κ3) is 8.56.